The SMILES string of the molecule is CN1C(=O)CC(C2C(=O)N(C)C(=O)C2C2CC(=O)N(C)C2=O)C1=O. The molecule has 0 aliphatic carbocycles. The van der Waals surface area contributed by atoms with Crippen LogP contribution in [0.5, 0.6) is 0 Å². The van der Waals surface area contributed by atoms with E-state index < -0.39 is 59.1 Å². The van der Waals surface area contributed by atoms with Gasteiger partial charge >= 0.3 is 0 Å². The molecule has 0 N–H and O–H groups in total. The highest BCUT2D eigenvalue weighted by molar-refractivity contribution is 6.13. The lowest BCUT2D eigenvalue weighted by molar-refractivity contribution is -0.143. The molecule has 0 aromatic carbocycles. The van der Waals surface area contributed by atoms with Gasteiger partial charge in [0.1, 0.15) is 0 Å². The maximum absolute atomic E-state index is 12.5. The first-order chi connectivity index (χ1) is 11.2. The third kappa shape index (κ3) is 2.00. The monoisotopic (exact) mass is 335 g/mol. The van der Waals surface area contributed by atoms with Crippen molar-refractivity contribution in [1.29, 1.82) is 0 Å². The lowest BCUT2D eigenvalue weighted by atomic mass is 9.75. The molecular weight excluding hydrogens is 318 g/mol. The predicted octanol–water partition coefficient (Wildman–Crippen LogP) is -1.77. The summed E-state index contributed by atoms with van der Waals surface area (Å²) < 4.78 is 0. The smallest absolute Gasteiger partial charge is 0.233 e. The summed E-state index contributed by atoms with van der Waals surface area (Å²) in [4.78, 5) is 75.9. The minimum absolute atomic E-state index is 0.173. The van der Waals surface area contributed by atoms with E-state index in [9.17, 15) is 28.8 Å². The molecule has 0 spiro atoms. The van der Waals surface area contributed by atoms with Gasteiger partial charge in [-0.3, -0.25) is 43.5 Å². The molecule has 0 aromatic rings. The Morgan fingerprint density at radius 3 is 1.17 bits per heavy atom. The number of amides is 6. The van der Waals surface area contributed by atoms with Crippen LogP contribution in [-0.2, 0) is 28.8 Å². The minimum Gasteiger partial charge on any atom is -0.285 e. The Kier molecular flexibility index (Phi) is 3.54. The average Bonchev–Trinajstić information content (AvgIpc) is 3.03. The quantitative estimate of drug-likeness (QED) is 0.552. The fourth-order valence-corrected chi connectivity index (χ4v) is 3.84. The summed E-state index contributed by atoms with van der Waals surface area (Å²) in [5.74, 6) is -7.19. The van der Waals surface area contributed by atoms with Gasteiger partial charge in [-0.05, 0) is 0 Å². The molecule has 3 aliphatic rings. The molecular formula is C15H17N3O6. The zero-order chi connectivity index (χ0) is 17.9. The highest BCUT2D eigenvalue weighted by Crippen LogP contribution is 2.43. The van der Waals surface area contributed by atoms with Gasteiger partial charge in [-0.1, -0.05) is 0 Å². The van der Waals surface area contributed by atoms with Crippen LogP contribution >= 0.6 is 0 Å². The number of imide groups is 3. The zero-order valence-electron chi connectivity index (χ0n) is 13.5. The Morgan fingerprint density at radius 2 is 0.917 bits per heavy atom. The predicted molar refractivity (Wildman–Crippen MR) is 76.5 cm³/mol. The number of rotatable bonds is 2. The molecule has 4 unspecified atom stereocenters. The Hall–Kier alpha value is -2.58. The molecule has 0 bridgehead atoms. The molecule has 3 saturated heterocycles. The van der Waals surface area contributed by atoms with Crippen LogP contribution in [0.15, 0.2) is 0 Å². The maximum atomic E-state index is 12.5. The molecule has 6 amide bonds. The van der Waals surface area contributed by atoms with Gasteiger partial charge in [0.2, 0.25) is 35.4 Å². The van der Waals surface area contributed by atoms with Gasteiger partial charge in [0.15, 0.2) is 0 Å². The molecule has 3 aliphatic heterocycles. The molecule has 24 heavy (non-hydrogen) atoms. The lowest BCUT2D eigenvalue weighted by Gasteiger charge is -2.23. The number of likely N-dealkylation sites (tertiary alicyclic amines) is 3. The molecule has 4 atom stereocenters. The second kappa shape index (κ2) is 5.22. The van der Waals surface area contributed by atoms with E-state index in [4.69, 9.17) is 0 Å². The molecule has 9 nitrogen and oxygen atoms in total. The van der Waals surface area contributed by atoms with Crippen LogP contribution < -0.4 is 0 Å². The first-order valence-corrected chi connectivity index (χ1v) is 7.59. The number of carbonyl (C=O) groups is 6. The highest BCUT2D eigenvalue weighted by atomic mass is 16.2. The van der Waals surface area contributed by atoms with E-state index in [0.29, 0.717) is 0 Å². The van der Waals surface area contributed by atoms with Crippen molar-refractivity contribution in [2.24, 2.45) is 23.7 Å². The van der Waals surface area contributed by atoms with Crippen molar-refractivity contribution < 1.29 is 28.8 Å². The van der Waals surface area contributed by atoms with Gasteiger partial charge < -0.3 is 0 Å². The standard InChI is InChI=1S/C15H17N3O6/c1-16-8(19)4-6(12(16)21)10-11(15(24)18(3)14(10)23)7-5-9(20)17(2)13(7)22/h6-7,10-11H,4-5H2,1-3H3. The first kappa shape index (κ1) is 16.3. The number of hydrogen-bond donors (Lipinski definition) is 0. The number of nitrogens with zero attached hydrogens (tertiary/aromatic N) is 3. The second-order valence-electron chi connectivity index (χ2n) is 6.49. The molecule has 0 aromatic heterocycles. The summed E-state index contributed by atoms with van der Waals surface area (Å²) in [6, 6.07) is 0. The van der Waals surface area contributed by atoms with Gasteiger partial charge in [-0.15, -0.1) is 0 Å². The number of hydrogen-bond acceptors (Lipinski definition) is 6. The van der Waals surface area contributed by atoms with E-state index in [1.807, 2.05) is 0 Å². The Morgan fingerprint density at radius 1 is 0.583 bits per heavy atom. The normalized spacial score (nSPS) is 34.4. The van der Waals surface area contributed by atoms with Crippen LogP contribution in [0.1, 0.15) is 12.8 Å². The van der Waals surface area contributed by atoms with E-state index in [2.05, 4.69) is 0 Å². The molecule has 0 saturated carbocycles. The van der Waals surface area contributed by atoms with Crippen molar-refractivity contribution in [1.82, 2.24) is 14.7 Å². The largest absolute Gasteiger partial charge is 0.285 e. The maximum Gasteiger partial charge on any atom is 0.233 e. The molecule has 9 heteroatoms. The lowest BCUT2D eigenvalue weighted by Crippen LogP contribution is -2.38. The van der Waals surface area contributed by atoms with Gasteiger partial charge in [-0.25, -0.2) is 0 Å². The van der Waals surface area contributed by atoms with Crippen LogP contribution in [0.2, 0.25) is 0 Å². The van der Waals surface area contributed by atoms with Crippen molar-refractivity contribution in [2.45, 2.75) is 12.8 Å². The van der Waals surface area contributed by atoms with E-state index in [1.165, 1.54) is 21.1 Å². The van der Waals surface area contributed by atoms with E-state index in [-0.39, 0.29) is 12.8 Å². The third-order valence-electron chi connectivity index (χ3n) is 5.32. The zero-order valence-corrected chi connectivity index (χ0v) is 13.5. The van der Waals surface area contributed by atoms with Crippen LogP contribution in [0.4, 0.5) is 0 Å². The Labute approximate surface area is 137 Å². The molecule has 0 radical (unpaired) electrons. The summed E-state index contributed by atoms with van der Waals surface area (Å²) in [6.45, 7) is 0. The summed E-state index contributed by atoms with van der Waals surface area (Å²) in [6.07, 6.45) is -0.345. The Balaban J connectivity index is 2.00. The van der Waals surface area contributed by atoms with Gasteiger partial charge in [-0.2, -0.15) is 0 Å². The van der Waals surface area contributed by atoms with Gasteiger partial charge in [0.05, 0.1) is 23.7 Å². The average molecular weight is 335 g/mol. The van der Waals surface area contributed by atoms with Crippen molar-refractivity contribution in [3.8, 4) is 0 Å². The summed E-state index contributed by atoms with van der Waals surface area (Å²) >= 11 is 0. The van der Waals surface area contributed by atoms with Crippen LogP contribution in [0.3, 0.4) is 0 Å². The highest BCUT2D eigenvalue weighted by Gasteiger charge is 2.60. The van der Waals surface area contributed by atoms with Crippen molar-refractivity contribution in [3.05, 3.63) is 0 Å². The molecule has 3 rings (SSSR count). The molecule has 3 fully saturated rings. The van der Waals surface area contributed by atoms with Crippen LogP contribution in [0.25, 0.3) is 0 Å². The fraction of sp³-hybridized carbons (Fsp3) is 0.600. The Bertz CT molecular complexity index is 643. The molecule has 3 heterocycles. The van der Waals surface area contributed by atoms with E-state index in [0.717, 1.165) is 14.7 Å². The third-order valence-corrected chi connectivity index (χ3v) is 5.32. The molecule has 128 valence electrons. The summed E-state index contributed by atoms with van der Waals surface area (Å²) in [5, 5.41) is 0. The summed E-state index contributed by atoms with van der Waals surface area (Å²) in [5.41, 5.74) is 0. The van der Waals surface area contributed by atoms with Crippen LogP contribution in [-0.4, -0.2) is 71.3 Å². The van der Waals surface area contributed by atoms with Crippen LogP contribution in [0, 0.1) is 23.7 Å². The van der Waals surface area contributed by atoms with Gasteiger partial charge in [0.25, 0.3) is 0 Å². The number of carbonyl (C=O) groups excluding carboxylic acids is 6. The van der Waals surface area contributed by atoms with Crippen molar-refractivity contribution in [3.63, 3.8) is 0 Å². The fourth-order valence-electron chi connectivity index (χ4n) is 3.84. The van der Waals surface area contributed by atoms with E-state index in [1.54, 1.807) is 0 Å². The first-order valence-electron chi connectivity index (χ1n) is 7.59. The topological polar surface area (TPSA) is 112 Å². The van der Waals surface area contributed by atoms with Gasteiger partial charge in [0, 0.05) is 34.0 Å². The van der Waals surface area contributed by atoms with Crippen molar-refractivity contribution >= 4 is 35.4 Å². The van der Waals surface area contributed by atoms with Crippen molar-refractivity contribution in [2.75, 3.05) is 21.1 Å². The summed E-state index contributed by atoms with van der Waals surface area (Å²) in [7, 11) is 3.93. The second-order valence-corrected chi connectivity index (χ2v) is 6.49. The van der Waals surface area contributed by atoms with E-state index >= 15 is 0 Å². The minimum atomic E-state index is -1.09.